The second-order valence-corrected chi connectivity index (χ2v) is 6.69. The molecule has 0 aromatic carbocycles. The van der Waals surface area contributed by atoms with Gasteiger partial charge >= 0.3 is 6.18 Å². The number of halogens is 3. The number of H-pyrrole nitrogens is 1. The van der Waals surface area contributed by atoms with Crippen LogP contribution in [0.15, 0.2) is 6.07 Å². The fourth-order valence-electron chi connectivity index (χ4n) is 3.13. The number of hydrogen-bond acceptors (Lipinski definition) is 6. The summed E-state index contributed by atoms with van der Waals surface area (Å²) in [6.45, 7) is 2.37. The highest BCUT2D eigenvalue weighted by molar-refractivity contribution is 7.71. The zero-order chi connectivity index (χ0) is 19.4. The molecule has 6 nitrogen and oxygen atoms in total. The van der Waals surface area contributed by atoms with E-state index in [0.29, 0.717) is 16.5 Å². The predicted octanol–water partition coefficient (Wildman–Crippen LogP) is 2.08. The van der Waals surface area contributed by atoms with Crippen molar-refractivity contribution in [3.8, 4) is 0 Å². The van der Waals surface area contributed by atoms with Gasteiger partial charge in [-0.2, -0.15) is 13.2 Å². The summed E-state index contributed by atoms with van der Waals surface area (Å²) in [6, 6.07) is 1.50. The minimum atomic E-state index is -4.60. The third-order valence-electron chi connectivity index (χ3n) is 4.71. The second-order valence-electron chi connectivity index (χ2n) is 6.28. The van der Waals surface area contributed by atoms with Gasteiger partial charge in [0.2, 0.25) is 0 Å². The van der Waals surface area contributed by atoms with Crippen molar-refractivity contribution in [3.63, 3.8) is 0 Å². The molecule has 4 unspecified atom stereocenters. The van der Waals surface area contributed by atoms with Gasteiger partial charge in [0, 0.05) is 10.9 Å². The van der Waals surface area contributed by atoms with E-state index in [1.54, 1.807) is 0 Å². The van der Waals surface area contributed by atoms with Crippen molar-refractivity contribution >= 4 is 23.3 Å². The summed E-state index contributed by atoms with van der Waals surface area (Å²) >= 11 is 5.18. The predicted molar refractivity (Wildman–Crippen MR) is 88.1 cm³/mol. The van der Waals surface area contributed by atoms with Crippen molar-refractivity contribution in [1.82, 2.24) is 9.97 Å². The molecular weight excluding hydrogens is 373 g/mol. The maximum absolute atomic E-state index is 13.2. The van der Waals surface area contributed by atoms with Crippen molar-refractivity contribution in [2.24, 2.45) is 0 Å². The Morgan fingerprint density at radius 2 is 1.88 bits per heavy atom. The number of fused-ring (bicyclic) bond motifs is 1. The number of pyridine rings is 2. The van der Waals surface area contributed by atoms with E-state index in [9.17, 15) is 28.5 Å². The quantitative estimate of drug-likeness (QED) is 0.586. The summed E-state index contributed by atoms with van der Waals surface area (Å²) in [7, 11) is 0. The molecule has 0 spiro atoms. The van der Waals surface area contributed by atoms with E-state index in [1.807, 2.05) is 0 Å². The molecule has 4 N–H and O–H groups in total. The van der Waals surface area contributed by atoms with E-state index in [0.717, 1.165) is 0 Å². The molecule has 0 radical (unpaired) electrons. The minimum absolute atomic E-state index is 0.0115. The van der Waals surface area contributed by atoms with Crippen molar-refractivity contribution < 1.29 is 33.2 Å². The number of aromatic amines is 1. The molecule has 1 fully saturated rings. The van der Waals surface area contributed by atoms with E-state index >= 15 is 0 Å². The average molecular weight is 390 g/mol. The molecule has 0 amide bonds. The van der Waals surface area contributed by atoms with Crippen LogP contribution in [0.3, 0.4) is 0 Å². The molecule has 0 bridgehead atoms. The molecule has 26 heavy (non-hydrogen) atoms. The van der Waals surface area contributed by atoms with Crippen molar-refractivity contribution in [2.75, 3.05) is 6.61 Å². The van der Waals surface area contributed by atoms with Crippen molar-refractivity contribution in [1.29, 1.82) is 0 Å². The topological polar surface area (TPSA) is 98.6 Å². The molecule has 1 aliphatic rings. The van der Waals surface area contributed by atoms with Crippen LogP contribution in [0.5, 0.6) is 0 Å². The first-order valence-electron chi connectivity index (χ1n) is 7.80. The van der Waals surface area contributed by atoms with Crippen LogP contribution in [0, 0.1) is 18.5 Å². The third-order valence-corrected chi connectivity index (χ3v) is 5.05. The lowest BCUT2D eigenvalue weighted by Crippen LogP contribution is -2.32. The first-order valence-corrected chi connectivity index (χ1v) is 8.20. The molecule has 2 aromatic heterocycles. The summed E-state index contributed by atoms with van der Waals surface area (Å²) in [5.41, 5.74) is -0.363. The Labute approximate surface area is 151 Å². The Balaban J connectivity index is 2.18. The van der Waals surface area contributed by atoms with Crippen LogP contribution in [-0.4, -0.2) is 50.2 Å². The van der Waals surface area contributed by atoms with Gasteiger partial charge in [0.05, 0.1) is 6.61 Å². The number of ether oxygens (including phenoxy) is 1. The Kier molecular flexibility index (Phi) is 4.82. The molecule has 10 heteroatoms. The monoisotopic (exact) mass is 390 g/mol. The molecule has 3 rings (SSSR count). The third kappa shape index (κ3) is 3.01. The van der Waals surface area contributed by atoms with Crippen LogP contribution < -0.4 is 0 Å². The van der Waals surface area contributed by atoms with E-state index in [1.165, 1.54) is 19.9 Å². The Morgan fingerprint density at radius 1 is 1.23 bits per heavy atom. The molecular formula is C16H17F3N2O4S. The largest absolute Gasteiger partial charge is 0.433 e. The van der Waals surface area contributed by atoms with Gasteiger partial charge in [-0.15, -0.1) is 0 Å². The fraction of sp³-hybridized carbons (Fsp3) is 0.500. The molecule has 1 saturated heterocycles. The zero-order valence-corrected chi connectivity index (χ0v) is 14.6. The molecule has 0 saturated carbocycles. The van der Waals surface area contributed by atoms with Crippen molar-refractivity contribution in [3.05, 3.63) is 33.1 Å². The van der Waals surface area contributed by atoms with Gasteiger partial charge in [0.15, 0.2) is 0 Å². The van der Waals surface area contributed by atoms with Gasteiger partial charge in [-0.1, -0.05) is 12.2 Å². The minimum Gasteiger partial charge on any atom is -0.394 e. The Hall–Kier alpha value is -1.59. The molecule has 4 atom stereocenters. The molecule has 1 aliphatic heterocycles. The van der Waals surface area contributed by atoms with Crippen LogP contribution in [0.25, 0.3) is 11.0 Å². The lowest BCUT2D eigenvalue weighted by atomic mass is 9.99. The normalized spacial score (nSPS) is 26.6. The number of aromatic nitrogens is 2. The summed E-state index contributed by atoms with van der Waals surface area (Å²) in [6.07, 6.45) is -9.22. The van der Waals surface area contributed by atoms with E-state index < -0.39 is 42.9 Å². The van der Waals surface area contributed by atoms with Gasteiger partial charge in [-0.05, 0) is 31.0 Å². The summed E-state index contributed by atoms with van der Waals surface area (Å²) < 4.78 is 45.0. The Morgan fingerprint density at radius 3 is 2.42 bits per heavy atom. The van der Waals surface area contributed by atoms with Crippen LogP contribution >= 0.6 is 12.2 Å². The summed E-state index contributed by atoms with van der Waals surface area (Å²) in [4.78, 5) is 6.31. The first-order chi connectivity index (χ1) is 12.1. The van der Waals surface area contributed by atoms with Gasteiger partial charge in [0.25, 0.3) is 0 Å². The SMILES string of the molecule is Cc1c(C(F)(F)F)nc2[nH]c(=S)c(C3OC(CO)C(O)C3O)cc2c1C. The smallest absolute Gasteiger partial charge is 0.394 e. The van der Waals surface area contributed by atoms with E-state index in [4.69, 9.17) is 17.0 Å². The molecule has 2 aromatic rings. The maximum atomic E-state index is 13.2. The number of alkyl halides is 3. The van der Waals surface area contributed by atoms with Gasteiger partial charge < -0.3 is 25.0 Å². The number of nitrogens with zero attached hydrogens (tertiary/aromatic N) is 1. The highest BCUT2D eigenvalue weighted by atomic mass is 32.1. The number of nitrogens with one attached hydrogen (secondary N) is 1. The molecule has 142 valence electrons. The number of rotatable bonds is 2. The lowest BCUT2D eigenvalue weighted by Gasteiger charge is -2.18. The van der Waals surface area contributed by atoms with Crippen LogP contribution in [0.4, 0.5) is 13.2 Å². The second kappa shape index (κ2) is 6.54. The number of hydrogen-bond donors (Lipinski definition) is 4. The summed E-state index contributed by atoms with van der Waals surface area (Å²) in [5, 5.41) is 29.7. The average Bonchev–Trinajstić information content (AvgIpc) is 2.84. The molecule has 0 aliphatic carbocycles. The number of aryl methyl sites for hydroxylation is 1. The van der Waals surface area contributed by atoms with Crippen LogP contribution in [-0.2, 0) is 10.9 Å². The standard InChI is InChI=1S/C16H17F3N2O4S/c1-5-6(2)13(16(17,18)19)20-14-7(5)3-8(15(26)21-14)12-11(24)10(23)9(4-22)25-12/h3,9-12,22-24H,4H2,1-2H3,(H,20,21,26). The fourth-order valence-corrected chi connectivity index (χ4v) is 3.40. The lowest BCUT2D eigenvalue weighted by molar-refractivity contribution is -0.141. The first kappa shape index (κ1) is 19.2. The van der Waals surface area contributed by atoms with Crippen LogP contribution in [0.1, 0.15) is 28.5 Å². The zero-order valence-electron chi connectivity index (χ0n) is 13.8. The van der Waals surface area contributed by atoms with Gasteiger partial charge in [-0.3, -0.25) is 0 Å². The highest BCUT2D eigenvalue weighted by Crippen LogP contribution is 2.37. The Bertz CT molecular complexity index is 915. The summed E-state index contributed by atoms with van der Waals surface area (Å²) in [5.74, 6) is 0. The van der Waals surface area contributed by atoms with E-state index in [2.05, 4.69) is 9.97 Å². The van der Waals surface area contributed by atoms with Crippen LogP contribution in [0.2, 0.25) is 0 Å². The highest BCUT2D eigenvalue weighted by Gasteiger charge is 2.44. The van der Waals surface area contributed by atoms with Crippen molar-refractivity contribution in [2.45, 2.75) is 44.4 Å². The number of aliphatic hydroxyl groups excluding tert-OH is 3. The van der Waals surface area contributed by atoms with Gasteiger partial charge in [0.1, 0.15) is 40.4 Å². The molecule has 3 heterocycles. The maximum Gasteiger partial charge on any atom is 0.433 e. The van der Waals surface area contributed by atoms with Gasteiger partial charge in [-0.25, -0.2) is 4.98 Å². The number of aliphatic hydroxyl groups is 3. The van der Waals surface area contributed by atoms with E-state index in [-0.39, 0.29) is 15.9 Å².